The van der Waals surface area contributed by atoms with Crippen LogP contribution in [0.4, 0.5) is 0 Å². The molecular weight excluding hydrogens is 618 g/mol. The van der Waals surface area contributed by atoms with E-state index in [2.05, 4.69) is 5.48 Å². The van der Waals surface area contributed by atoms with E-state index in [9.17, 15) is 24.9 Å². The molecule has 4 N–H and O–H groups in total. The lowest BCUT2D eigenvalue weighted by molar-refractivity contribution is -0.140. The maximum absolute atomic E-state index is 12.9. The van der Waals surface area contributed by atoms with Crippen molar-refractivity contribution in [2.24, 2.45) is 0 Å². The zero-order chi connectivity index (χ0) is 32.1. The number of methoxy groups -OCH3 is 1. The number of phenols is 3. The van der Waals surface area contributed by atoms with E-state index in [1.165, 1.54) is 25.3 Å². The molecule has 1 aromatic heterocycles. The van der Waals surface area contributed by atoms with Crippen LogP contribution in [0.2, 0.25) is 5.02 Å². The van der Waals surface area contributed by atoms with Gasteiger partial charge in [-0.3, -0.25) is 4.79 Å². The summed E-state index contributed by atoms with van der Waals surface area (Å²) in [6.07, 6.45) is -0.0695. The SMILES string of the molecule is COc1cc(C2Oc3cc(-c4cc(=O)c5c(O)cc(O)cc5o4)ccc3OC2/C=C2/C(=O)ONC2c2ccc(Cl)cc2)ccc1O. The van der Waals surface area contributed by atoms with Crippen molar-refractivity contribution in [2.75, 3.05) is 7.11 Å². The van der Waals surface area contributed by atoms with Gasteiger partial charge in [0.15, 0.2) is 40.6 Å². The fourth-order valence-electron chi connectivity index (χ4n) is 5.51. The molecule has 2 aliphatic heterocycles. The quantitative estimate of drug-likeness (QED) is 0.171. The number of fused-ring (bicyclic) bond motifs is 2. The molecule has 7 rings (SSSR count). The van der Waals surface area contributed by atoms with E-state index < -0.39 is 35.4 Å². The van der Waals surface area contributed by atoms with E-state index in [1.807, 2.05) is 0 Å². The Morgan fingerprint density at radius 3 is 2.41 bits per heavy atom. The number of carbonyl (C=O) groups excluding carboxylic acids is 1. The largest absolute Gasteiger partial charge is 0.508 e. The first-order valence-corrected chi connectivity index (χ1v) is 14.3. The van der Waals surface area contributed by atoms with Gasteiger partial charge in [0, 0.05) is 34.3 Å². The molecule has 0 saturated carbocycles. The molecule has 232 valence electrons. The molecule has 12 heteroatoms. The van der Waals surface area contributed by atoms with Crippen molar-refractivity contribution in [3.63, 3.8) is 0 Å². The van der Waals surface area contributed by atoms with Crippen LogP contribution in [-0.4, -0.2) is 34.5 Å². The van der Waals surface area contributed by atoms with E-state index >= 15 is 0 Å². The van der Waals surface area contributed by atoms with E-state index in [1.54, 1.807) is 60.7 Å². The summed E-state index contributed by atoms with van der Waals surface area (Å²) in [5.74, 6) is -0.320. The smallest absolute Gasteiger partial charge is 0.354 e. The summed E-state index contributed by atoms with van der Waals surface area (Å²) in [5.41, 5.74) is 4.30. The van der Waals surface area contributed by atoms with Gasteiger partial charge in [-0.05, 0) is 54.1 Å². The molecule has 11 nitrogen and oxygen atoms in total. The first-order valence-electron chi connectivity index (χ1n) is 14.0. The van der Waals surface area contributed by atoms with Gasteiger partial charge in [0.05, 0.1) is 18.7 Å². The topological polar surface area (TPSA) is 157 Å². The number of aromatic hydroxyl groups is 3. The summed E-state index contributed by atoms with van der Waals surface area (Å²) < 4.78 is 24.1. The normalized spacial score (nSPS) is 19.7. The molecule has 1 saturated heterocycles. The van der Waals surface area contributed by atoms with Crippen molar-refractivity contribution in [3.8, 4) is 45.8 Å². The lowest BCUT2D eigenvalue weighted by atomic mass is 9.95. The average molecular weight is 642 g/mol. The van der Waals surface area contributed by atoms with E-state index in [0.29, 0.717) is 27.6 Å². The number of ether oxygens (including phenoxy) is 3. The summed E-state index contributed by atoms with van der Waals surface area (Å²) in [7, 11) is 1.42. The van der Waals surface area contributed by atoms with E-state index in [-0.39, 0.29) is 39.6 Å². The molecule has 0 amide bonds. The Morgan fingerprint density at radius 1 is 0.848 bits per heavy atom. The van der Waals surface area contributed by atoms with Crippen molar-refractivity contribution in [1.29, 1.82) is 0 Å². The number of benzene rings is 4. The Kier molecular flexibility index (Phi) is 7.19. The number of phenolic OH excluding ortho intramolecular Hbond substituents is 3. The van der Waals surface area contributed by atoms with Crippen molar-refractivity contribution in [3.05, 3.63) is 117 Å². The molecule has 0 spiro atoms. The first-order chi connectivity index (χ1) is 22.2. The highest BCUT2D eigenvalue weighted by Gasteiger charge is 2.38. The molecule has 2 aliphatic rings. The Morgan fingerprint density at radius 2 is 1.63 bits per heavy atom. The lowest BCUT2D eigenvalue weighted by Crippen LogP contribution is -2.32. The van der Waals surface area contributed by atoms with Gasteiger partial charge in [-0.2, -0.15) is 0 Å². The molecule has 0 bridgehead atoms. The second-order valence-corrected chi connectivity index (χ2v) is 11.1. The molecule has 0 aliphatic carbocycles. The minimum absolute atomic E-state index is 0.00273. The highest BCUT2D eigenvalue weighted by molar-refractivity contribution is 6.30. The molecule has 3 atom stereocenters. The number of hydrogen-bond acceptors (Lipinski definition) is 11. The third-order valence-electron chi connectivity index (χ3n) is 7.73. The summed E-state index contributed by atoms with van der Waals surface area (Å²) in [6, 6.07) is 19.5. The lowest BCUT2D eigenvalue weighted by Gasteiger charge is -2.33. The molecule has 5 aromatic rings. The van der Waals surface area contributed by atoms with Crippen LogP contribution in [0.5, 0.6) is 34.5 Å². The van der Waals surface area contributed by atoms with E-state index in [0.717, 1.165) is 11.6 Å². The molecule has 46 heavy (non-hydrogen) atoms. The van der Waals surface area contributed by atoms with Crippen LogP contribution in [-0.2, 0) is 9.63 Å². The summed E-state index contributed by atoms with van der Waals surface area (Å²) in [5, 5.41) is 30.8. The molecular formula is C34H24ClNO10. The van der Waals surface area contributed by atoms with Crippen LogP contribution in [0.15, 0.2) is 99.7 Å². The molecule has 0 radical (unpaired) electrons. The third kappa shape index (κ3) is 5.21. The Balaban J connectivity index is 1.31. The zero-order valence-corrected chi connectivity index (χ0v) is 24.6. The number of halogens is 1. The van der Waals surface area contributed by atoms with Gasteiger partial charge in [0.2, 0.25) is 0 Å². The number of hydroxylamine groups is 1. The second kappa shape index (κ2) is 11.4. The Bertz CT molecular complexity index is 2110. The zero-order valence-electron chi connectivity index (χ0n) is 23.9. The Hall–Kier alpha value is -5.65. The van der Waals surface area contributed by atoms with Crippen LogP contribution < -0.4 is 25.1 Å². The predicted molar refractivity (Wildman–Crippen MR) is 165 cm³/mol. The van der Waals surface area contributed by atoms with Crippen LogP contribution >= 0.6 is 11.6 Å². The minimum atomic E-state index is -0.852. The summed E-state index contributed by atoms with van der Waals surface area (Å²) >= 11 is 6.07. The van der Waals surface area contributed by atoms with Gasteiger partial charge >= 0.3 is 5.97 Å². The average Bonchev–Trinajstić information content (AvgIpc) is 3.40. The van der Waals surface area contributed by atoms with Crippen LogP contribution in [0.25, 0.3) is 22.3 Å². The van der Waals surface area contributed by atoms with Crippen molar-refractivity contribution < 1.29 is 43.6 Å². The number of rotatable bonds is 5. The number of nitrogens with one attached hydrogen (secondary N) is 1. The van der Waals surface area contributed by atoms with E-state index in [4.69, 9.17) is 35.1 Å². The standard InChI is InChI=1S/C34H24ClNO10/c1-42-27-11-18(4-8-22(27)38)33-30(14-21-32(36-46-34(21)41)16-2-6-19(35)7-3-16)43-25-9-5-17(10-28(25)45-33)26-15-24(40)31-23(39)12-20(37)13-29(31)44-26/h2-15,30,32-33,36-39H,1H3/b21-14+. The van der Waals surface area contributed by atoms with Gasteiger partial charge in [-0.15, -0.1) is 5.48 Å². The molecule has 1 fully saturated rings. The monoisotopic (exact) mass is 641 g/mol. The van der Waals surface area contributed by atoms with Crippen molar-refractivity contribution in [1.82, 2.24) is 5.48 Å². The minimum Gasteiger partial charge on any atom is -0.508 e. The van der Waals surface area contributed by atoms with Crippen LogP contribution in [0.3, 0.4) is 0 Å². The third-order valence-corrected chi connectivity index (χ3v) is 7.99. The van der Waals surface area contributed by atoms with Crippen molar-refractivity contribution in [2.45, 2.75) is 18.2 Å². The number of hydrogen-bond donors (Lipinski definition) is 4. The van der Waals surface area contributed by atoms with Gasteiger partial charge in [0.25, 0.3) is 0 Å². The highest BCUT2D eigenvalue weighted by Crippen LogP contribution is 2.45. The van der Waals surface area contributed by atoms with Gasteiger partial charge in [-0.1, -0.05) is 29.8 Å². The fourth-order valence-corrected chi connectivity index (χ4v) is 5.63. The molecule has 4 aromatic carbocycles. The molecule has 3 heterocycles. The predicted octanol–water partition coefficient (Wildman–Crippen LogP) is 5.85. The maximum atomic E-state index is 12.9. The molecule has 3 unspecified atom stereocenters. The van der Waals surface area contributed by atoms with Gasteiger partial charge in [0.1, 0.15) is 28.2 Å². The Labute approximate surface area is 265 Å². The van der Waals surface area contributed by atoms with Crippen molar-refractivity contribution >= 4 is 28.5 Å². The highest BCUT2D eigenvalue weighted by atomic mass is 35.5. The van der Waals surface area contributed by atoms with Gasteiger partial charge < -0.3 is 38.8 Å². The van der Waals surface area contributed by atoms with Gasteiger partial charge in [-0.25, -0.2) is 4.79 Å². The summed E-state index contributed by atoms with van der Waals surface area (Å²) in [6.45, 7) is 0. The first kappa shape index (κ1) is 29.1. The number of carbonyl (C=O) groups is 1. The summed E-state index contributed by atoms with van der Waals surface area (Å²) in [4.78, 5) is 30.9. The van der Waals surface area contributed by atoms with Crippen LogP contribution in [0, 0.1) is 0 Å². The maximum Gasteiger partial charge on any atom is 0.354 e. The second-order valence-electron chi connectivity index (χ2n) is 10.6. The fraction of sp³-hybridized carbons (Fsp3) is 0.118. The van der Waals surface area contributed by atoms with Crippen LogP contribution in [0.1, 0.15) is 23.3 Å².